The van der Waals surface area contributed by atoms with E-state index in [1.807, 2.05) is 54.3 Å². The molecule has 2 aromatic rings. The van der Waals surface area contributed by atoms with Gasteiger partial charge in [-0.25, -0.2) is 0 Å². The summed E-state index contributed by atoms with van der Waals surface area (Å²) < 4.78 is 6.68. The molecule has 3 atom stereocenters. The van der Waals surface area contributed by atoms with Crippen molar-refractivity contribution >= 4 is 5.91 Å². The van der Waals surface area contributed by atoms with Crippen LogP contribution >= 0.6 is 0 Å². The van der Waals surface area contributed by atoms with Crippen LogP contribution in [0.25, 0.3) is 0 Å². The van der Waals surface area contributed by atoms with Crippen LogP contribution in [0.15, 0.2) is 60.7 Å². The lowest BCUT2D eigenvalue weighted by atomic mass is 9.92. The van der Waals surface area contributed by atoms with Gasteiger partial charge >= 0.3 is 0 Å². The first-order valence-electron chi connectivity index (χ1n) is 9.59. The van der Waals surface area contributed by atoms with E-state index < -0.39 is 11.8 Å². The Bertz CT molecular complexity index is 873. The Morgan fingerprint density at radius 3 is 2.56 bits per heavy atom. The van der Waals surface area contributed by atoms with Gasteiger partial charge in [-0.15, -0.1) is 0 Å². The van der Waals surface area contributed by atoms with Crippen LogP contribution in [0, 0.1) is 6.92 Å². The predicted octanol–water partition coefficient (Wildman–Crippen LogP) is 3.77. The van der Waals surface area contributed by atoms with Crippen LogP contribution in [-0.2, 0) is 10.5 Å². The third-order valence-electron chi connectivity index (χ3n) is 5.38. The number of carbonyl (C=O) groups is 1. The molecule has 2 aliphatic rings. The molecule has 1 unspecified atom stereocenters. The van der Waals surface area contributed by atoms with Crippen molar-refractivity contribution in [1.29, 1.82) is 0 Å². The number of hydrogen-bond acceptors (Lipinski definition) is 3. The summed E-state index contributed by atoms with van der Waals surface area (Å²) in [6.07, 6.45) is 4.25. The summed E-state index contributed by atoms with van der Waals surface area (Å²) >= 11 is 0. The van der Waals surface area contributed by atoms with Crippen molar-refractivity contribution < 1.29 is 14.6 Å². The SMILES string of the molecule is CCCN1C(=O)c2ccccc2C1(O[C@H]1C=C[C@@H](O)C1)c1ccc(C)cc1. The Morgan fingerprint density at radius 1 is 1.15 bits per heavy atom. The molecule has 140 valence electrons. The maximum atomic E-state index is 13.3. The minimum absolute atomic E-state index is 0.00412. The van der Waals surface area contributed by atoms with E-state index in [1.54, 1.807) is 6.08 Å². The van der Waals surface area contributed by atoms with Gasteiger partial charge in [0.1, 0.15) is 0 Å². The molecular weight excluding hydrogens is 338 g/mol. The van der Waals surface area contributed by atoms with Crippen molar-refractivity contribution in [2.24, 2.45) is 0 Å². The summed E-state index contributed by atoms with van der Waals surface area (Å²) in [5.41, 5.74) is 2.69. The Morgan fingerprint density at radius 2 is 1.89 bits per heavy atom. The van der Waals surface area contributed by atoms with Crippen molar-refractivity contribution in [2.45, 2.75) is 44.6 Å². The first kappa shape index (κ1) is 18.0. The number of nitrogens with zero attached hydrogens (tertiary/aromatic N) is 1. The van der Waals surface area contributed by atoms with Gasteiger partial charge in [-0.1, -0.05) is 67.1 Å². The van der Waals surface area contributed by atoms with Crippen LogP contribution in [0.1, 0.15) is 46.8 Å². The molecule has 0 radical (unpaired) electrons. The third kappa shape index (κ3) is 2.89. The second kappa shape index (κ2) is 6.95. The van der Waals surface area contributed by atoms with E-state index in [0.717, 1.165) is 23.1 Å². The van der Waals surface area contributed by atoms with E-state index in [9.17, 15) is 9.90 Å². The van der Waals surface area contributed by atoms with Gasteiger partial charge in [0.15, 0.2) is 5.72 Å². The summed E-state index contributed by atoms with van der Waals surface area (Å²) in [6, 6.07) is 15.9. The van der Waals surface area contributed by atoms with Crippen molar-refractivity contribution in [3.8, 4) is 0 Å². The number of rotatable bonds is 5. The summed E-state index contributed by atoms with van der Waals surface area (Å²) in [5, 5.41) is 9.93. The lowest BCUT2D eigenvalue weighted by Gasteiger charge is -2.41. The van der Waals surface area contributed by atoms with Crippen LogP contribution in [0.5, 0.6) is 0 Å². The molecule has 0 spiro atoms. The summed E-state index contributed by atoms with van der Waals surface area (Å²) in [5.74, 6) is -0.00412. The van der Waals surface area contributed by atoms with Crippen LogP contribution in [0.4, 0.5) is 0 Å². The van der Waals surface area contributed by atoms with E-state index in [1.165, 1.54) is 0 Å². The normalized spacial score (nSPS) is 26.6. The van der Waals surface area contributed by atoms with E-state index in [-0.39, 0.29) is 12.0 Å². The topological polar surface area (TPSA) is 49.8 Å². The van der Waals surface area contributed by atoms with E-state index in [2.05, 4.69) is 19.1 Å². The number of ether oxygens (including phenoxy) is 1. The monoisotopic (exact) mass is 363 g/mol. The molecule has 1 N–H and O–H groups in total. The first-order valence-corrected chi connectivity index (χ1v) is 9.59. The van der Waals surface area contributed by atoms with Gasteiger partial charge in [0.25, 0.3) is 5.91 Å². The second-order valence-corrected chi connectivity index (χ2v) is 7.36. The molecule has 0 saturated heterocycles. The number of aliphatic hydroxyl groups excluding tert-OH is 1. The Kier molecular flexibility index (Phi) is 4.62. The standard InChI is InChI=1S/C23H25NO3/c1-3-14-24-22(26)20-6-4-5-7-21(20)23(24,17-10-8-16(2)9-11-17)27-19-13-12-18(25)15-19/h4-13,18-19,25H,3,14-15H2,1-2H3/t18-,19+,23?/m1/s1. The number of aliphatic hydroxyl groups is 1. The maximum Gasteiger partial charge on any atom is 0.257 e. The highest BCUT2D eigenvalue weighted by Crippen LogP contribution is 2.47. The van der Waals surface area contributed by atoms with Gasteiger partial charge in [-0.05, 0) is 19.4 Å². The number of aryl methyl sites for hydroxylation is 1. The Balaban J connectivity index is 1.91. The molecule has 1 aliphatic heterocycles. The summed E-state index contributed by atoms with van der Waals surface area (Å²) in [7, 11) is 0. The van der Waals surface area contributed by atoms with Crippen LogP contribution in [0.2, 0.25) is 0 Å². The molecule has 4 nitrogen and oxygen atoms in total. The maximum absolute atomic E-state index is 13.3. The van der Waals surface area contributed by atoms with Gasteiger partial charge < -0.3 is 14.7 Å². The van der Waals surface area contributed by atoms with Crippen molar-refractivity contribution in [3.63, 3.8) is 0 Å². The fraction of sp³-hybridized carbons (Fsp3) is 0.348. The van der Waals surface area contributed by atoms with Crippen LogP contribution in [-0.4, -0.2) is 34.7 Å². The molecule has 4 rings (SSSR count). The van der Waals surface area contributed by atoms with E-state index >= 15 is 0 Å². The van der Waals surface area contributed by atoms with E-state index in [4.69, 9.17) is 4.74 Å². The summed E-state index contributed by atoms with van der Waals surface area (Å²) in [4.78, 5) is 15.1. The van der Waals surface area contributed by atoms with Crippen LogP contribution < -0.4 is 0 Å². The van der Waals surface area contributed by atoms with Gasteiger partial charge in [0, 0.05) is 29.7 Å². The molecule has 0 bridgehead atoms. The fourth-order valence-electron chi connectivity index (χ4n) is 4.12. The number of carbonyl (C=O) groups excluding carboxylic acids is 1. The molecule has 0 saturated carbocycles. The lowest BCUT2D eigenvalue weighted by Crippen LogP contribution is -2.49. The lowest BCUT2D eigenvalue weighted by molar-refractivity contribution is -0.133. The van der Waals surface area contributed by atoms with Gasteiger partial charge in [0.2, 0.25) is 0 Å². The second-order valence-electron chi connectivity index (χ2n) is 7.36. The molecule has 2 aromatic carbocycles. The third-order valence-corrected chi connectivity index (χ3v) is 5.38. The van der Waals surface area contributed by atoms with Gasteiger partial charge in [-0.2, -0.15) is 0 Å². The zero-order valence-electron chi connectivity index (χ0n) is 15.8. The predicted molar refractivity (Wildman–Crippen MR) is 104 cm³/mol. The Hall–Kier alpha value is -2.43. The first-order chi connectivity index (χ1) is 13.1. The highest BCUT2D eigenvalue weighted by Gasteiger charge is 2.52. The highest BCUT2D eigenvalue weighted by molar-refractivity contribution is 6.00. The molecule has 1 aliphatic carbocycles. The number of benzene rings is 2. The average molecular weight is 363 g/mol. The molecule has 1 heterocycles. The van der Waals surface area contributed by atoms with Crippen molar-refractivity contribution in [1.82, 2.24) is 4.90 Å². The molecule has 27 heavy (non-hydrogen) atoms. The fourth-order valence-corrected chi connectivity index (χ4v) is 4.12. The average Bonchev–Trinajstić information content (AvgIpc) is 3.18. The quantitative estimate of drug-likeness (QED) is 0.823. The largest absolute Gasteiger partial charge is 0.389 e. The Labute approximate surface area is 160 Å². The van der Waals surface area contributed by atoms with Crippen molar-refractivity contribution in [2.75, 3.05) is 6.54 Å². The molecule has 0 aromatic heterocycles. The van der Waals surface area contributed by atoms with Crippen molar-refractivity contribution in [3.05, 3.63) is 82.9 Å². The number of hydrogen-bond donors (Lipinski definition) is 1. The number of amides is 1. The molecule has 0 fully saturated rings. The summed E-state index contributed by atoms with van der Waals surface area (Å²) in [6.45, 7) is 4.71. The highest BCUT2D eigenvalue weighted by atomic mass is 16.5. The number of fused-ring (bicyclic) bond motifs is 1. The van der Waals surface area contributed by atoms with Crippen LogP contribution in [0.3, 0.4) is 0 Å². The van der Waals surface area contributed by atoms with Gasteiger partial charge in [0.05, 0.1) is 12.2 Å². The zero-order chi connectivity index (χ0) is 19.0. The molecular formula is C23H25NO3. The minimum atomic E-state index is -0.976. The zero-order valence-corrected chi connectivity index (χ0v) is 15.8. The van der Waals surface area contributed by atoms with Gasteiger partial charge in [-0.3, -0.25) is 4.79 Å². The minimum Gasteiger partial charge on any atom is -0.389 e. The molecule has 4 heteroatoms. The van der Waals surface area contributed by atoms with E-state index in [0.29, 0.717) is 18.5 Å². The smallest absolute Gasteiger partial charge is 0.257 e. The molecule has 1 amide bonds.